The summed E-state index contributed by atoms with van der Waals surface area (Å²) in [7, 11) is -3.01. The molecule has 1 fully saturated rings. The largest absolute Gasteiger partial charge is 0.303 e. The Hall–Kier alpha value is -0.380. The summed E-state index contributed by atoms with van der Waals surface area (Å²) < 4.78 is 22.9. The van der Waals surface area contributed by atoms with Crippen molar-refractivity contribution in [1.82, 2.24) is 0 Å². The number of rotatable bonds is 5. The molecule has 0 N–H and O–H groups in total. The van der Waals surface area contributed by atoms with Gasteiger partial charge in [-0.25, -0.2) is 8.42 Å². The fourth-order valence-electron chi connectivity index (χ4n) is 2.26. The van der Waals surface area contributed by atoms with Gasteiger partial charge < -0.3 is 4.79 Å². The molecule has 0 amide bonds. The maximum absolute atomic E-state index is 11.5. The molecule has 0 spiro atoms. The van der Waals surface area contributed by atoms with Gasteiger partial charge in [0, 0.05) is 11.7 Å². The number of carbonyl (C=O) groups is 1. The average molecular weight is 232 g/mol. The molecule has 0 radical (unpaired) electrons. The molecule has 0 heterocycles. The van der Waals surface area contributed by atoms with E-state index in [2.05, 4.69) is 0 Å². The van der Waals surface area contributed by atoms with Crippen molar-refractivity contribution in [2.45, 2.75) is 39.0 Å². The van der Waals surface area contributed by atoms with Crippen molar-refractivity contribution in [2.75, 3.05) is 11.5 Å². The Kier molecular flexibility index (Phi) is 4.77. The summed E-state index contributed by atoms with van der Waals surface area (Å²) in [5, 5.41) is 0. The molecule has 0 aromatic rings. The van der Waals surface area contributed by atoms with Gasteiger partial charge in [0.15, 0.2) is 9.84 Å². The van der Waals surface area contributed by atoms with E-state index in [1.807, 2.05) is 0 Å². The molecule has 1 aliphatic rings. The van der Waals surface area contributed by atoms with Crippen LogP contribution in [0.1, 0.15) is 39.0 Å². The maximum atomic E-state index is 11.5. The molecule has 0 saturated heterocycles. The van der Waals surface area contributed by atoms with Gasteiger partial charge in [0.1, 0.15) is 6.29 Å². The van der Waals surface area contributed by atoms with E-state index in [1.54, 1.807) is 6.92 Å². The summed E-state index contributed by atoms with van der Waals surface area (Å²) in [4.78, 5) is 10.9. The quantitative estimate of drug-likeness (QED) is 0.679. The highest BCUT2D eigenvalue weighted by molar-refractivity contribution is 7.91. The molecule has 0 aromatic carbocycles. The van der Waals surface area contributed by atoms with Crippen LogP contribution in [0.2, 0.25) is 0 Å². The highest BCUT2D eigenvalue weighted by Crippen LogP contribution is 2.29. The number of hydrogen-bond donors (Lipinski definition) is 0. The SMILES string of the molecule is CCS(=O)(=O)CC(C=O)C1CCCCC1. The zero-order valence-electron chi connectivity index (χ0n) is 9.31. The fraction of sp³-hybridized carbons (Fsp3) is 0.909. The van der Waals surface area contributed by atoms with Gasteiger partial charge in [-0.2, -0.15) is 0 Å². The van der Waals surface area contributed by atoms with Gasteiger partial charge in [-0.1, -0.05) is 26.2 Å². The van der Waals surface area contributed by atoms with Crippen molar-refractivity contribution >= 4 is 16.1 Å². The third-order valence-corrected chi connectivity index (χ3v) is 5.09. The smallest absolute Gasteiger partial charge is 0.150 e. The van der Waals surface area contributed by atoms with Crippen molar-refractivity contribution in [3.8, 4) is 0 Å². The van der Waals surface area contributed by atoms with Crippen LogP contribution in [0.4, 0.5) is 0 Å². The molecule has 4 heteroatoms. The second-order valence-electron chi connectivity index (χ2n) is 4.40. The number of aldehydes is 1. The molecule has 15 heavy (non-hydrogen) atoms. The van der Waals surface area contributed by atoms with Crippen LogP contribution in [-0.4, -0.2) is 26.2 Å². The second kappa shape index (κ2) is 5.64. The van der Waals surface area contributed by atoms with Crippen LogP contribution in [0.25, 0.3) is 0 Å². The first-order chi connectivity index (χ1) is 7.09. The second-order valence-corrected chi connectivity index (χ2v) is 6.79. The topological polar surface area (TPSA) is 51.2 Å². The normalized spacial score (nSPS) is 21.1. The number of carbonyl (C=O) groups excluding carboxylic acids is 1. The van der Waals surface area contributed by atoms with Gasteiger partial charge in [-0.15, -0.1) is 0 Å². The third-order valence-electron chi connectivity index (χ3n) is 3.32. The maximum Gasteiger partial charge on any atom is 0.150 e. The first-order valence-electron chi connectivity index (χ1n) is 5.74. The van der Waals surface area contributed by atoms with Gasteiger partial charge in [-0.3, -0.25) is 0 Å². The predicted octanol–water partition coefficient (Wildman–Crippen LogP) is 1.82. The minimum atomic E-state index is -3.01. The minimum absolute atomic E-state index is 0.0532. The molecule has 1 atom stereocenters. The first kappa shape index (κ1) is 12.7. The minimum Gasteiger partial charge on any atom is -0.303 e. The van der Waals surface area contributed by atoms with Crippen LogP contribution < -0.4 is 0 Å². The van der Waals surface area contributed by atoms with E-state index in [-0.39, 0.29) is 17.4 Å². The van der Waals surface area contributed by atoms with Crippen molar-refractivity contribution < 1.29 is 13.2 Å². The number of hydrogen-bond acceptors (Lipinski definition) is 3. The van der Waals surface area contributed by atoms with Crippen molar-refractivity contribution in [3.05, 3.63) is 0 Å². The van der Waals surface area contributed by atoms with Crippen LogP contribution >= 0.6 is 0 Å². The van der Waals surface area contributed by atoms with E-state index in [0.29, 0.717) is 5.92 Å². The highest BCUT2D eigenvalue weighted by atomic mass is 32.2. The lowest BCUT2D eigenvalue weighted by Crippen LogP contribution is -2.27. The van der Waals surface area contributed by atoms with Crippen molar-refractivity contribution in [3.63, 3.8) is 0 Å². The lowest BCUT2D eigenvalue weighted by atomic mass is 9.81. The molecular weight excluding hydrogens is 212 g/mol. The number of sulfone groups is 1. The Morgan fingerprint density at radius 3 is 2.33 bits per heavy atom. The van der Waals surface area contributed by atoms with E-state index in [9.17, 15) is 13.2 Å². The first-order valence-corrected chi connectivity index (χ1v) is 7.57. The molecule has 88 valence electrons. The molecule has 1 saturated carbocycles. The van der Waals surface area contributed by atoms with Gasteiger partial charge in [0.2, 0.25) is 0 Å². The highest BCUT2D eigenvalue weighted by Gasteiger charge is 2.27. The molecule has 1 rings (SSSR count). The summed E-state index contributed by atoms with van der Waals surface area (Å²) >= 11 is 0. The molecule has 1 unspecified atom stereocenters. The predicted molar refractivity (Wildman–Crippen MR) is 60.5 cm³/mol. The lowest BCUT2D eigenvalue weighted by Gasteiger charge is -2.26. The zero-order valence-corrected chi connectivity index (χ0v) is 10.1. The molecular formula is C11H20O3S. The van der Waals surface area contributed by atoms with Crippen molar-refractivity contribution in [1.29, 1.82) is 0 Å². The van der Waals surface area contributed by atoms with Gasteiger partial charge in [0.05, 0.1) is 5.75 Å². The standard InChI is InChI=1S/C11H20O3S/c1-2-15(13,14)9-11(8-12)10-6-4-3-5-7-10/h8,10-11H,2-7,9H2,1H3. The molecule has 3 nitrogen and oxygen atoms in total. The molecule has 0 bridgehead atoms. The van der Waals surface area contributed by atoms with Gasteiger partial charge in [-0.05, 0) is 18.8 Å². The average Bonchev–Trinajstić information content (AvgIpc) is 2.27. The van der Waals surface area contributed by atoms with E-state index in [4.69, 9.17) is 0 Å². The van der Waals surface area contributed by atoms with Crippen LogP contribution in [0.15, 0.2) is 0 Å². The van der Waals surface area contributed by atoms with Gasteiger partial charge >= 0.3 is 0 Å². The molecule has 0 aromatic heterocycles. The van der Waals surface area contributed by atoms with Crippen LogP contribution in [0, 0.1) is 11.8 Å². The summed E-state index contributed by atoms with van der Waals surface area (Å²) in [5.74, 6) is 0.231. The Labute approximate surface area is 92.2 Å². The fourth-order valence-corrected chi connectivity index (χ4v) is 3.43. The molecule has 1 aliphatic carbocycles. The van der Waals surface area contributed by atoms with Crippen LogP contribution in [0.5, 0.6) is 0 Å². The Bertz CT molecular complexity index is 289. The van der Waals surface area contributed by atoms with Gasteiger partial charge in [0.25, 0.3) is 0 Å². The van der Waals surface area contributed by atoms with E-state index >= 15 is 0 Å². The summed E-state index contributed by atoms with van der Waals surface area (Å²) in [6, 6.07) is 0. The van der Waals surface area contributed by atoms with Crippen molar-refractivity contribution in [2.24, 2.45) is 11.8 Å². The van der Waals surface area contributed by atoms with Crippen LogP contribution in [0.3, 0.4) is 0 Å². The zero-order chi connectivity index (χ0) is 11.3. The third kappa shape index (κ3) is 3.93. The van der Waals surface area contributed by atoms with E-state index < -0.39 is 9.84 Å². The Morgan fingerprint density at radius 1 is 1.27 bits per heavy atom. The summed E-state index contributed by atoms with van der Waals surface area (Å²) in [6.07, 6.45) is 6.39. The Morgan fingerprint density at radius 2 is 1.87 bits per heavy atom. The summed E-state index contributed by atoms with van der Waals surface area (Å²) in [5.41, 5.74) is 0. The Balaban J connectivity index is 2.58. The monoisotopic (exact) mass is 232 g/mol. The molecule has 0 aliphatic heterocycles. The van der Waals surface area contributed by atoms with E-state index in [1.165, 1.54) is 6.42 Å². The van der Waals surface area contributed by atoms with E-state index in [0.717, 1.165) is 32.0 Å². The van der Waals surface area contributed by atoms with Crippen LogP contribution in [-0.2, 0) is 14.6 Å². The summed E-state index contributed by atoms with van der Waals surface area (Å²) in [6.45, 7) is 1.64. The lowest BCUT2D eigenvalue weighted by molar-refractivity contribution is -0.112.